The van der Waals surface area contributed by atoms with Gasteiger partial charge in [0.25, 0.3) is 0 Å². The van der Waals surface area contributed by atoms with Crippen LogP contribution in [0.4, 0.5) is 0 Å². The molecule has 1 aliphatic rings. The van der Waals surface area contributed by atoms with E-state index in [-0.39, 0.29) is 6.10 Å². The number of hydrogen-bond donors (Lipinski definition) is 0. The first kappa shape index (κ1) is 15.1. The van der Waals surface area contributed by atoms with Crippen LogP contribution in [0.1, 0.15) is 37.2 Å². The standard InChI is InChI=1S/C16H19BrO3/c1-19-16(18)15(17)11-20-14-9-7-13(8-10-14)12-5-3-2-4-6-12/h2-6,11,13-14H,7-10H2,1H3. The molecule has 0 spiro atoms. The monoisotopic (exact) mass is 338 g/mol. The molecule has 4 heteroatoms. The summed E-state index contributed by atoms with van der Waals surface area (Å²) in [6, 6.07) is 10.6. The molecule has 0 amide bonds. The Morgan fingerprint density at radius 3 is 2.45 bits per heavy atom. The van der Waals surface area contributed by atoms with Crippen LogP contribution in [0.5, 0.6) is 0 Å². The fraction of sp³-hybridized carbons (Fsp3) is 0.438. The molecule has 0 aliphatic heterocycles. The van der Waals surface area contributed by atoms with Gasteiger partial charge in [0.15, 0.2) is 0 Å². The average Bonchev–Trinajstić information content (AvgIpc) is 2.53. The third-order valence-corrected chi connectivity index (χ3v) is 4.20. The van der Waals surface area contributed by atoms with Crippen molar-refractivity contribution in [1.82, 2.24) is 0 Å². The number of rotatable bonds is 4. The summed E-state index contributed by atoms with van der Waals surface area (Å²) in [5.74, 6) is 0.215. The van der Waals surface area contributed by atoms with E-state index >= 15 is 0 Å². The topological polar surface area (TPSA) is 35.5 Å². The van der Waals surface area contributed by atoms with Gasteiger partial charge in [0, 0.05) is 0 Å². The second kappa shape index (κ2) is 7.48. The molecule has 1 fully saturated rings. The molecule has 20 heavy (non-hydrogen) atoms. The van der Waals surface area contributed by atoms with Crippen LogP contribution >= 0.6 is 15.9 Å². The highest BCUT2D eigenvalue weighted by Gasteiger charge is 2.22. The minimum absolute atomic E-state index is 0.187. The van der Waals surface area contributed by atoms with Crippen LogP contribution in [0.25, 0.3) is 0 Å². The van der Waals surface area contributed by atoms with Crippen LogP contribution in [0.15, 0.2) is 41.1 Å². The van der Waals surface area contributed by atoms with E-state index in [0.29, 0.717) is 10.4 Å². The number of methoxy groups -OCH3 is 1. The Bertz CT molecular complexity index is 462. The molecule has 1 aromatic carbocycles. The van der Waals surface area contributed by atoms with Gasteiger partial charge in [-0.2, -0.15) is 0 Å². The Kier molecular flexibility index (Phi) is 5.65. The van der Waals surface area contributed by atoms with Crippen LogP contribution in [0.3, 0.4) is 0 Å². The molecular weight excluding hydrogens is 320 g/mol. The Labute approximate surface area is 128 Å². The summed E-state index contributed by atoms with van der Waals surface area (Å²) in [4.78, 5) is 11.2. The molecule has 0 aromatic heterocycles. The lowest BCUT2D eigenvalue weighted by molar-refractivity contribution is -0.135. The van der Waals surface area contributed by atoms with Crippen molar-refractivity contribution < 1.29 is 14.3 Å². The van der Waals surface area contributed by atoms with E-state index in [4.69, 9.17) is 4.74 Å². The van der Waals surface area contributed by atoms with Gasteiger partial charge >= 0.3 is 5.97 Å². The van der Waals surface area contributed by atoms with Gasteiger partial charge in [-0.05, 0) is 53.1 Å². The van der Waals surface area contributed by atoms with Crippen molar-refractivity contribution in [2.24, 2.45) is 0 Å². The minimum Gasteiger partial charge on any atom is -0.497 e. The average molecular weight is 339 g/mol. The number of hydrogen-bond acceptors (Lipinski definition) is 3. The molecule has 0 unspecified atom stereocenters. The lowest BCUT2D eigenvalue weighted by Gasteiger charge is -2.28. The highest BCUT2D eigenvalue weighted by atomic mass is 79.9. The Balaban J connectivity index is 1.82. The van der Waals surface area contributed by atoms with Crippen LogP contribution in [0.2, 0.25) is 0 Å². The number of halogens is 1. The van der Waals surface area contributed by atoms with Crippen LogP contribution < -0.4 is 0 Å². The summed E-state index contributed by atoms with van der Waals surface area (Å²) >= 11 is 3.14. The maximum absolute atomic E-state index is 11.2. The largest absolute Gasteiger partial charge is 0.497 e. The van der Waals surface area contributed by atoms with Crippen LogP contribution in [-0.4, -0.2) is 19.2 Å². The van der Waals surface area contributed by atoms with Crippen molar-refractivity contribution in [3.8, 4) is 0 Å². The summed E-state index contributed by atoms with van der Waals surface area (Å²) in [6.45, 7) is 0. The Morgan fingerprint density at radius 2 is 1.85 bits per heavy atom. The molecule has 0 heterocycles. The van der Waals surface area contributed by atoms with E-state index in [2.05, 4.69) is 44.9 Å². The zero-order valence-corrected chi connectivity index (χ0v) is 13.1. The summed E-state index contributed by atoms with van der Waals surface area (Å²) in [6.07, 6.45) is 5.91. The van der Waals surface area contributed by atoms with Crippen molar-refractivity contribution in [1.29, 1.82) is 0 Å². The third kappa shape index (κ3) is 4.10. The molecule has 2 rings (SSSR count). The van der Waals surface area contributed by atoms with Crippen molar-refractivity contribution in [2.75, 3.05) is 7.11 Å². The summed E-state index contributed by atoms with van der Waals surface area (Å²) in [5.41, 5.74) is 1.41. The molecule has 3 nitrogen and oxygen atoms in total. The molecule has 108 valence electrons. The molecule has 0 saturated heterocycles. The number of ether oxygens (including phenoxy) is 2. The van der Waals surface area contributed by atoms with Crippen LogP contribution in [0, 0.1) is 0 Å². The zero-order chi connectivity index (χ0) is 14.4. The molecule has 1 saturated carbocycles. The first-order valence-corrected chi connectivity index (χ1v) is 7.64. The second-order valence-electron chi connectivity index (χ2n) is 4.98. The van der Waals surface area contributed by atoms with Gasteiger partial charge < -0.3 is 9.47 Å². The van der Waals surface area contributed by atoms with Crippen LogP contribution in [-0.2, 0) is 14.3 Å². The van der Waals surface area contributed by atoms with Crippen molar-refractivity contribution in [3.63, 3.8) is 0 Å². The lowest BCUT2D eigenvalue weighted by Crippen LogP contribution is -2.19. The molecule has 1 aliphatic carbocycles. The van der Waals surface area contributed by atoms with E-state index in [1.54, 1.807) is 0 Å². The van der Waals surface area contributed by atoms with Gasteiger partial charge in [0.2, 0.25) is 0 Å². The van der Waals surface area contributed by atoms with Crippen molar-refractivity contribution in [3.05, 3.63) is 46.6 Å². The fourth-order valence-electron chi connectivity index (χ4n) is 2.56. The molecular formula is C16H19BrO3. The lowest BCUT2D eigenvalue weighted by atomic mass is 9.83. The highest BCUT2D eigenvalue weighted by Crippen LogP contribution is 2.34. The van der Waals surface area contributed by atoms with Gasteiger partial charge in [0.1, 0.15) is 10.7 Å². The molecule has 0 N–H and O–H groups in total. The first-order chi connectivity index (χ1) is 9.70. The first-order valence-electron chi connectivity index (χ1n) is 6.85. The fourth-order valence-corrected chi connectivity index (χ4v) is 2.83. The maximum atomic E-state index is 11.2. The van der Waals surface area contributed by atoms with E-state index in [1.165, 1.54) is 18.9 Å². The predicted molar refractivity (Wildman–Crippen MR) is 81.6 cm³/mol. The molecule has 0 radical (unpaired) electrons. The molecule has 0 bridgehead atoms. The van der Waals surface area contributed by atoms with Crippen molar-refractivity contribution in [2.45, 2.75) is 37.7 Å². The molecule has 1 aromatic rings. The van der Waals surface area contributed by atoms with Gasteiger partial charge in [-0.3, -0.25) is 0 Å². The normalized spacial score (nSPS) is 23.2. The van der Waals surface area contributed by atoms with E-state index < -0.39 is 5.97 Å². The second-order valence-corrected chi connectivity index (χ2v) is 5.83. The quantitative estimate of drug-likeness (QED) is 0.470. The van der Waals surface area contributed by atoms with Gasteiger partial charge in [-0.15, -0.1) is 0 Å². The summed E-state index contributed by atoms with van der Waals surface area (Å²) in [5, 5.41) is 0. The molecule has 0 atom stereocenters. The van der Waals surface area contributed by atoms with Gasteiger partial charge in [-0.1, -0.05) is 30.3 Å². The third-order valence-electron chi connectivity index (χ3n) is 3.69. The highest BCUT2D eigenvalue weighted by molar-refractivity contribution is 9.12. The number of esters is 1. The van der Waals surface area contributed by atoms with Gasteiger partial charge in [-0.25, -0.2) is 4.79 Å². The predicted octanol–water partition coefficient (Wildman–Crippen LogP) is 4.14. The van der Waals surface area contributed by atoms with Gasteiger partial charge in [0.05, 0.1) is 13.2 Å². The van der Waals surface area contributed by atoms with E-state index in [1.807, 2.05) is 6.07 Å². The van der Waals surface area contributed by atoms with E-state index in [0.717, 1.165) is 25.7 Å². The number of carbonyl (C=O) groups excluding carboxylic acids is 1. The minimum atomic E-state index is -0.414. The smallest absolute Gasteiger partial charge is 0.348 e. The Morgan fingerprint density at radius 1 is 1.20 bits per heavy atom. The number of benzene rings is 1. The summed E-state index contributed by atoms with van der Waals surface area (Å²) in [7, 11) is 1.35. The SMILES string of the molecule is COC(=O)C(Br)=COC1CCC(c2ccccc2)CC1. The van der Waals surface area contributed by atoms with E-state index in [9.17, 15) is 4.79 Å². The number of carbonyl (C=O) groups is 1. The zero-order valence-electron chi connectivity index (χ0n) is 11.5. The summed E-state index contributed by atoms with van der Waals surface area (Å²) < 4.78 is 10.6. The maximum Gasteiger partial charge on any atom is 0.348 e. The van der Waals surface area contributed by atoms with Crippen molar-refractivity contribution >= 4 is 21.9 Å². The Hall–Kier alpha value is -1.29.